The van der Waals surface area contributed by atoms with Gasteiger partial charge in [-0.05, 0) is 36.0 Å². The highest BCUT2D eigenvalue weighted by atomic mass is 16.1. The lowest BCUT2D eigenvalue weighted by atomic mass is 9.99. The van der Waals surface area contributed by atoms with Gasteiger partial charge in [-0.25, -0.2) is 0 Å². The van der Waals surface area contributed by atoms with Gasteiger partial charge in [0.25, 0.3) is 0 Å². The van der Waals surface area contributed by atoms with Crippen LogP contribution in [0.4, 0.5) is 5.69 Å². The second kappa shape index (κ2) is 6.27. The lowest BCUT2D eigenvalue weighted by Crippen LogP contribution is -2.44. The second-order valence-corrected chi connectivity index (χ2v) is 5.99. The number of nitrogens with two attached hydrogens (primary N) is 1. The predicted molar refractivity (Wildman–Crippen MR) is 82.7 cm³/mol. The van der Waals surface area contributed by atoms with Crippen LogP contribution in [0, 0.1) is 5.92 Å². The van der Waals surface area contributed by atoms with Crippen molar-refractivity contribution >= 4 is 11.6 Å². The summed E-state index contributed by atoms with van der Waals surface area (Å²) in [5, 5.41) is 3.26. The first-order valence-corrected chi connectivity index (χ1v) is 7.34. The Balaban J connectivity index is 2.05. The lowest BCUT2D eigenvalue weighted by molar-refractivity contribution is -0.121. The number of fused-ring (bicyclic) bond motifs is 1. The van der Waals surface area contributed by atoms with Crippen molar-refractivity contribution in [3.63, 3.8) is 0 Å². The Kier molecular flexibility index (Phi) is 4.65. The molecule has 3 N–H and O–H groups in total. The number of primary amides is 1. The van der Waals surface area contributed by atoms with Gasteiger partial charge in [0.2, 0.25) is 5.91 Å². The van der Waals surface area contributed by atoms with Gasteiger partial charge in [0.1, 0.15) is 0 Å². The Bertz CT molecular complexity index is 485. The van der Waals surface area contributed by atoms with E-state index in [0.717, 1.165) is 13.0 Å². The third kappa shape index (κ3) is 3.31. The van der Waals surface area contributed by atoms with Crippen LogP contribution in [0.15, 0.2) is 18.2 Å². The number of benzene rings is 1. The molecule has 20 heavy (non-hydrogen) atoms. The summed E-state index contributed by atoms with van der Waals surface area (Å²) in [5.74, 6) is -0.0750. The van der Waals surface area contributed by atoms with E-state index in [2.05, 4.69) is 35.5 Å². The highest BCUT2D eigenvalue weighted by Gasteiger charge is 2.19. The normalized spacial score (nSPS) is 16.1. The van der Waals surface area contributed by atoms with E-state index in [1.807, 2.05) is 13.8 Å². The van der Waals surface area contributed by atoms with Crippen LogP contribution in [0.1, 0.15) is 31.4 Å². The number of hydrogen-bond donors (Lipinski definition) is 2. The standard InChI is InChI=1S/C16H25N3O/c1-11(2)15(16(17)20)18-10-12-6-7-14-13(9-12)5-4-8-19(14)3/h6-7,9,11,15,18H,4-5,8,10H2,1-3H3,(H2,17,20). The topological polar surface area (TPSA) is 58.4 Å². The van der Waals surface area contributed by atoms with Crippen molar-refractivity contribution in [3.8, 4) is 0 Å². The molecule has 0 bridgehead atoms. The van der Waals surface area contributed by atoms with E-state index in [9.17, 15) is 4.79 Å². The fourth-order valence-corrected chi connectivity index (χ4v) is 2.84. The van der Waals surface area contributed by atoms with Gasteiger partial charge in [-0.1, -0.05) is 26.0 Å². The number of nitrogens with one attached hydrogen (secondary N) is 1. The number of amides is 1. The zero-order valence-corrected chi connectivity index (χ0v) is 12.6. The van der Waals surface area contributed by atoms with Crippen LogP contribution in [-0.2, 0) is 17.8 Å². The maximum Gasteiger partial charge on any atom is 0.234 e. The highest BCUT2D eigenvalue weighted by molar-refractivity contribution is 5.80. The number of aryl methyl sites for hydroxylation is 1. The molecule has 4 heteroatoms. The van der Waals surface area contributed by atoms with E-state index < -0.39 is 0 Å². The molecule has 0 saturated heterocycles. The van der Waals surface area contributed by atoms with Crippen LogP contribution in [0.5, 0.6) is 0 Å². The highest BCUT2D eigenvalue weighted by Crippen LogP contribution is 2.26. The Hall–Kier alpha value is -1.55. The number of carbonyl (C=O) groups excluding carboxylic acids is 1. The fourth-order valence-electron chi connectivity index (χ4n) is 2.84. The lowest BCUT2D eigenvalue weighted by Gasteiger charge is -2.28. The number of carbonyl (C=O) groups is 1. The molecule has 1 aromatic carbocycles. The summed E-state index contributed by atoms with van der Waals surface area (Å²) in [5.41, 5.74) is 9.37. The number of rotatable bonds is 5. The molecule has 1 unspecified atom stereocenters. The molecule has 0 spiro atoms. The molecule has 0 aromatic heterocycles. The van der Waals surface area contributed by atoms with E-state index in [0.29, 0.717) is 6.54 Å². The third-order valence-corrected chi connectivity index (χ3v) is 3.99. The minimum Gasteiger partial charge on any atom is -0.374 e. The summed E-state index contributed by atoms with van der Waals surface area (Å²) in [6.07, 6.45) is 2.34. The van der Waals surface area contributed by atoms with Crippen molar-refractivity contribution in [3.05, 3.63) is 29.3 Å². The Labute approximate surface area is 121 Å². The predicted octanol–water partition coefficient (Wildman–Crippen LogP) is 1.67. The first kappa shape index (κ1) is 14.9. The molecule has 0 fully saturated rings. The van der Waals surface area contributed by atoms with Crippen molar-refractivity contribution in [1.29, 1.82) is 0 Å². The average Bonchev–Trinajstić information content (AvgIpc) is 2.38. The maximum absolute atomic E-state index is 11.4. The summed E-state index contributed by atoms with van der Waals surface area (Å²) < 4.78 is 0. The summed E-state index contributed by atoms with van der Waals surface area (Å²) in [6.45, 7) is 5.82. The smallest absolute Gasteiger partial charge is 0.234 e. The van der Waals surface area contributed by atoms with Crippen LogP contribution in [0.25, 0.3) is 0 Å². The van der Waals surface area contributed by atoms with Crippen molar-refractivity contribution in [2.24, 2.45) is 11.7 Å². The molecule has 4 nitrogen and oxygen atoms in total. The molecular weight excluding hydrogens is 250 g/mol. The van der Waals surface area contributed by atoms with Crippen LogP contribution in [-0.4, -0.2) is 25.5 Å². The van der Waals surface area contributed by atoms with E-state index in [-0.39, 0.29) is 17.9 Å². The largest absolute Gasteiger partial charge is 0.374 e. The summed E-state index contributed by atoms with van der Waals surface area (Å²) in [6, 6.07) is 6.29. The molecule has 1 aliphatic rings. The van der Waals surface area contributed by atoms with Crippen molar-refractivity contribution in [2.75, 3.05) is 18.5 Å². The van der Waals surface area contributed by atoms with Crippen LogP contribution >= 0.6 is 0 Å². The SMILES string of the molecule is CC(C)C(NCc1ccc2c(c1)CCCN2C)C(N)=O. The van der Waals surface area contributed by atoms with Gasteiger partial charge in [0, 0.05) is 25.8 Å². The van der Waals surface area contributed by atoms with E-state index in [4.69, 9.17) is 5.73 Å². The van der Waals surface area contributed by atoms with Gasteiger partial charge in [0.15, 0.2) is 0 Å². The zero-order valence-electron chi connectivity index (χ0n) is 12.6. The van der Waals surface area contributed by atoms with Gasteiger partial charge in [-0.15, -0.1) is 0 Å². The molecule has 0 saturated carbocycles. The zero-order chi connectivity index (χ0) is 14.7. The quantitative estimate of drug-likeness (QED) is 0.859. The van der Waals surface area contributed by atoms with Crippen molar-refractivity contribution in [2.45, 2.75) is 39.3 Å². The van der Waals surface area contributed by atoms with Crippen LogP contribution in [0.3, 0.4) is 0 Å². The molecule has 1 heterocycles. The molecule has 2 rings (SSSR count). The second-order valence-electron chi connectivity index (χ2n) is 5.99. The molecule has 110 valence electrons. The van der Waals surface area contributed by atoms with Crippen LogP contribution in [0.2, 0.25) is 0 Å². The molecule has 1 aliphatic heterocycles. The number of nitrogens with zero attached hydrogens (tertiary/aromatic N) is 1. The number of anilines is 1. The van der Waals surface area contributed by atoms with E-state index in [1.165, 1.54) is 23.2 Å². The molecular formula is C16H25N3O. The van der Waals surface area contributed by atoms with Gasteiger partial charge < -0.3 is 16.0 Å². The summed E-state index contributed by atoms with van der Waals surface area (Å²) in [4.78, 5) is 13.7. The molecule has 1 aromatic rings. The Morgan fingerprint density at radius 1 is 1.45 bits per heavy atom. The van der Waals surface area contributed by atoms with Crippen molar-refractivity contribution in [1.82, 2.24) is 5.32 Å². The van der Waals surface area contributed by atoms with Gasteiger partial charge in [-0.2, -0.15) is 0 Å². The van der Waals surface area contributed by atoms with Gasteiger partial charge >= 0.3 is 0 Å². The maximum atomic E-state index is 11.4. The monoisotopic (exact) mass is 275 g/mol. The Morgan fingerprint density at radius 3 is 2.85 bits per heavy atom. The molecule has 1 amide bonds. The summed E-state index contributed by atoms with van der Waals surface area (Å²) >= 11 is 0. The molecule has 1 atom stereocenters. The third-order valence-electron chi connectivity index (χ3n) is 3.99. The van der Waals surface area contributed by atoms with E-state index in [1.54, 1.807) is 0 Å². The number of hydrogen-bond acceptors (Lipinski definition) is 3. The molecule has 0 radical (unpaired) electrons. The summed E-state index contributed by atoms with van der Waals surface area (Å²) in [7, 11) is 2.14. The van der Waals surface area contributed by atoms with Gasteiger partial charge in [0.05, 0.1) is 6.04 Å². The average molecular weight is 275 g/mol. The van der Waals surface area contributed by atoms with Crippen LogP contribution < -0.4 is 16.0 Å². The van der Waals surface area contributed by atoms with Gasteiger partial charge in [-0.3, -0.25) is 4.79 Å². The minimum atomic E-state index is -0.280. The Morgan fingerprint density at radius 2 is 2.20 bits per heavy atom. The minimum absolute atomic E-state index is 0.205. The van der Waals surface area contributed by atoms with E-state index >= 15 is 0 Å². The first-order valence-electron chi connectivity index (χ1n) is 7.34. The first-order chi connectivity index (χ1) is 9.49. The van der Waals surface area contributed by atoms with Crippen molar-refractivity contribution < 1.29 is 4.79 Å². The fraction of sp³-hybridized carbons (Fsp3) is 0.562. The molecule has 0 aliphatic carbocycles.